The van der Waals surface area contributed by atoms with Crippen LogP contribution in [0.25, 0.3) is 0 Å². The lowest BCUT2D eigenvalue weighted by molar-refractivity contribution is 0.0949. The van der Waals surface area contributed by atoms with E-state index < -0.39 is 0 Å². The summed E-state index contributed by atoms with van der Waals surface area (Å²) in [5, 5.41) is 5.76. The Balaban J connectivity index is 2.04. The second-order valence-electron chi connectivity index (χ2n) is 4.99. The number of hydrogen-bond acceptors (Lipinski definition) is 4. The monoisotopic (exact) mass is 305 g/mol. The Morgan fingerprint density at radius 3 is 2.90 bits per heavy atom. The van der Waals surface area contributed by atoms with Crippen LogP contribution in [0.5, 0.6) is 0 Å². The first-order valence-electron chi connectivity index (χ1n) is 6.93. The molecule has 112 valence electrons. The number of carbonyl (C=O) groups excluding carboxylic acids is 1. The smallest absolute Gasteiger partial charge is 0.261 e. The lowest BCUT2D eigenvalue weighted by Crippen LogP contribution is -2.29. The molecule has 0 spiro atoms. The fourth-order valence-electron chi connectivity index (χ4n) is 1.92. The van der Waals surface area contributed by atoms with E-state index >= 15 is 0 Å². The zero-order valence-electron chi connectivity index (χ0n) is 12.4. The zero-order chi connectivity index (χ0) is 15.4. The van der Waals surface area contributed by atoms with E-state index in [0.29, 0.717) is 6.54 Å². The van der Waals surface area contributed by atoms with Gasteiger partial charge in [0.15, 0.2) is 0 Å². The highest BCUT2D eigenvalue weighted by Crippen LogP contribution is 2.11. The Morgan fingerprint density at radius 2 is 2.19 bits per heavy atom. The van der Waals surface area contributed by atoms with Crippen LogP contribution in [0.2, 0.25) is 0 Å². The first-order chi connectivity index (χ1) is 10.0. The number of amides is 1. The van der Waals surface area contributed by atoms with Crippen LogP contribution in [0.3, 0.4) is 0 Å². The molecule has 0 aromatic carbocycles. The lowest BCUT2D eigenvalue weighted by atomic mass is 10.1. The van der Waals surface area contributed by atoms with E-state index in [9.17, 15) is 9.59 Å². The Kier molecular flexibility index (Phi) is 4.90. The highest BCUT2D eigenvalue weighted by molar-refractivity contribution is 7.09. The van der Waals surface area contributed by atoms with Gasteiger partial charge in [-0.05, 0) is 38.3 Å². The van der Waals surface area contributed by atoms with E-state index in [1.165, 1.54) is 0 Å². The molecular weight excluding hydrogens is 286 g/mol. The maximum atomic E-state index is 12.1. The molecule has 0 aliphatic heterocycles. The molecule has 0 unspecified atom stereocenters. The van der Waals surface area contributed by atoms with E-state index in [2.05, 4.69) is 22.2 Å². The molecule has 0 saturated heterocycles. The number of carbonyl (C=O) groups is 1. The van der Waals surface area contributed by atoms with Gasteiger partial charge >= 0.3 is 0 Å². The molecule has 0 aliphatic carbocycles. The number of H-pyrrole nitrogens is 1. The van der Waals surface area contributed by atoms with E-state index in [1.54, 1.807) is 17.4 Å². The van der Waals surface area contributed by atoms with Crippen LogP contribution in [0, 0.1) is 13.8 Å². The van der Waals surface area contributed by atoms with Gasteiger partial charge in [-0.25, -0.2) is 4.98 Å². The highest BCUT2D eigenvalue weighted by Gasteiger charge is 2.12. The summed E-state index contributed by atoms with van der Waals surface area (Å²) in [6, 6.07) is 1.62. The number of hydrogen-bond donors (Lipinski definition) is 2. The minimum absolute atomic E-state index is 0.141. The van der Waals surface area contributed by atoms with Gasteiger partial charge in [0.25, 0.3) is 11.5 Å². The summed E-state index contributed by atoms with van der Waals surface area (Å²) in [6.45, 7) is 6.11. The summed E-state index contributed by atoms with van der Waals surface area (Å²) in [7, 11) is 0. The molecule has 0 saturated carbocycles. The maximum Gasteiger partial charge on any atom is 0.261 e. The van der Waals surface area contributed by atoms with Crippen molar-refractivity contribution in [3.8, 4) is 0 Å². The summed E-state index contributed by atoms with van der Waals surface area (Å²) in [4.78, 5) is 31.0. The van der Waals surface area contributed by atoms with Crippen LogP contribution in [-0.2, 0) is 13.0 Å². The molecule has 2 N–H and O–H groups in total. The molecule has 2 aromatic rings. The normalized spacial score (nSPS) is 10.6. The molecule has 0 atom stereocenters. The number of aryl methyl sites for hydroxylation is 3. The number of pyridine rings is 1. The molecule has 21 heavy (non-hydrogen) atoms. The van der Waals surface area contributed by atoms with E-state index in [0.717, 1.165) is 34.8 Å². The maximum absolute atomic E-state index is 12.1. The molecule has 0 aliphatic rings. The Hall–Kier alpha value is -1.95. The van der Waals surface area contributed by atoms with Gasteiger partial charge in [-0.1, -0.05) is 6.92 Å². The van der Waals surface area contributed by atoms with Crippen molar-refractivity contribution >= 4 is 17.2 Å². The summed E-state index contributed by atoms with van der Waals surface area (Å²) in [5.74, 6) is -0.371. The summed E-state index contributed by atoms with van der Waals surface area (Å²) in [6.07, 6.45) is 2.01. The van der Waals surface area contributed by atoms with Crippen molar-refractivity contribution in [3.63, 3.8) is 0 Å². The van der Waals surface area contributed by atoms with Gasteiger partial charge in [-0.2, -0.15) is 0 Å². The number of rotatable bonds is 5. The average Bonchev–Trinajstić information content (AvgIpc) is 2.88. The van der Waals surface area contributed by atoms with Gasteiger partial charge < -0.3 is 10.3 Å². The number of aromatic amines is 1. The largest absolute Gasteiger partial charge is 0.346 e. The second kappa shape index (κ2) is 6.67. The topological polar surface area (TPSA) is 74.8 Å². The predicted octanol–water partition coefficient (Wildman–Crippen LogP) is 2.33. The summed E-state index contributed by atoms with van der Waals surface area (Å²) in [5.41, 5.74) is 2.28. The van der Waals surface area contributed by atoms with E-state index in [1.807, 2.05) is 19.2 Å². The molecule has 0 bridgehead atoms. The van der Waals surface area contributed by atoms with Gasteiger partial charge in [0.05, 0.1) is 17.2 Å². The lowest BCUT2D eigenvalue weighted by Gasteiger charge is -2.05. The predicted molar refractivity (Wildman–Crippen MR) is 83.8 cm³/mol. The molecule has 1 amide bonds. The van der Waals surface area contributed by atoms with Crippen LogP contribution in [0.15, 0.2) is 16.2 Å². The van der Waals surface area contributed by atoms with Crippen LogP contribution in [0.4, 0.5) is 0 Å². The van der Waals surface area contributed by atoms with Crippen molar-refractivity contribution in [2.24, 2.45) is 0 Å². The van der Waals surface area contributed by atoms with Gasteiger partial charge in [-0.3, -0.25) is 9.59 Å². The van der Waals surface area contributed by atoms with Crippen LogP contribution in [0.1, 0.15) is 45.7 Å². The zero-order valence-corrected chi connectivity index (χ0v) is 13.3. The van der Waals surface area contributed by atoms with Crippen molar-refractivity contribution in [3.05, 3.63) is 49.3 Å². The molecule has 5 nitrogen and oxygen atoms in total. The number of aromatic nitrogens is 2. The van der Waals surface area contributed by atoms with Crippen LogP contribution >= 0.6 is 11.3 Å². The van der Waals surface area contributed by atoms with Gasteiger partial charge in [0.2, 0.25) is 0 Å². The van der Waals surface area contributed by atoms with Crippen molar-refractivity contribution in [1.82, 2.24) is 15.3 Å². The van der Waals surface area contributed by atoms with Crippen molar-refractivity contribution in [2.75, 3.05) is 0 Å². The molecule has 0 radical (unpaired) electrons. The third-order valence-corrected chi connectivity index (χ3v) is 4.19. The standard InChI is InChI=1S/C15H19N3O2S/c1-4-5-13-18-11(8-21-13)7-16-14(19)12-6-9(2)10(3)17-15(12)20/h6,8H,4-5,7H2,1-3H3,(H,16,19)(H,17,20). The molecular formula is C15H19N3O2S. The van der Waals surface area contributed by atoms with Gasteiger partial charge in [0, 0.05) is 11.1 Å². The first-order valence-corrected chi connectivity index (χ1v) is 7.81. The SMILES string of the molecule is CCCc1nc(CNC(=O)c2cc(C)c(C)[nH]c2=O)cs1. The molecule has 2 heterocycles. The number of nitrogens with zero attached hydrogens (tertiary/aromatic N) is 1. The number of nitrogens with one attached hydrogen (secondary N) is 2. The van der Waals surface area contributed by atoms with E-state index in [4.69, 9.17) is 0 Å². The van der Waals surface area contributed by atoms with Gasteiger partial charge in [-0.15, -0.1) is 11.3 Å². The van der Waals surface area contributed by atoms with Gasteiger partial charge in [0.1, 0.15) is 5.56 Å². The average molecular weight is 305 g/mol. The van der Waals surface area contributed by atoms with Crippen LogP contribution < -0.4 is 10.9 Å². The van der Waals surface area contributed by atoms with Crippen molar-refractivity contribution in [1.29, 1.82) is 0 Å². The third-order valence-electron chi connectivity index (χ3n) is 3.24. The molecule has 2 aromatic heterocycles. The second-order valence-corrected chi connectivity index (χ2v) is 5.93. The molecule has 0 fully saturated rings. The minimum Gasteiger partial charge on any atom is -0.346 e. The van der Waals surface area contributed by atoms with Crippen LogP contribution in [-0.4, -0.2) is 15.9 Å². The molecule has 6 heteroatoms. The Morgan fingerprint density at radius 1 is 1.43 bits per heavy atom. The Bertz CT molecular complexity index is 703. The van der Waals surface area contributed by atoms with Crippen molar-refractivity contribution in [2.45, 2.75) is 40.2 Å². The van der Waals surface area contributed by atoms with Crippen molar-refractivity contribution < 1.29 is 4.79 Å². The number of thiazole rings is 1. The Labute approximate surface area is 127 Å². The fourth-order valence-corrected chi connectivity index (χ4v) is 2.82. The first kappa shape index (κ1) is 15.4. The fraction of sp³-hybridized carbons (Fsp3) is 0.400. The molecule has 2 rings (SSSR count). The summed E-state index contributed by atoms with van der Waals surface area (Å²) >= 11 is 1.60. The quantitative estimate of drug-likeness (QED) is 0.890. The third kappa shape index (κ3) is 3.78. The summed E-state index contributed by atoms with van der Waals surface area (Å²) < 4.78 is 0. The highest BCUT2D eigenvalue weighted by atomic mass is 32.1. The minimum atomic E-state index is -0.371. The van der Waals surface area contributed by atoms with E-state index in [-0.39, 0.29) is 17.0 Å².